The molecule has 1 rings (SSSR count). The van der Waals surface area contributed by atoms with Gasteiger partial charge >= 0.3 is 0 Å². The van der Waals surface area contributed by atoms with Crippen molar-refractivity contribution in [1.29, 1.82) is 0 Å². The van der Waals surface area contributed by atoms with Gasteiger partial charge in [0.1, 0.15) is 11.5 Å². The number of nitrogens with zero attached hydrogens (tertiary/aromatic N) is 1. The van der Waals surface area contributed by atoms with Gasteiger partial charge in [0.05, 0.1) is 24.8 Å². The summed E-state index contributed by atoms with van der Waals surface area (Å²) in [5, 5.41) is 3.46. The van der Waals surface area contributed by atoms with E-state index in [2.05, 4.69) is 5.18 Å². The standard InChI is InChI=1S/C12H16ClNO3/c1-8(9(2)14-15)7-17-12-5-4-10(16-3)6-11(12)13/h4-6,8-9H,7H2,1-3H3. The zero-order chi connectivity index (χ0) is 12.8. The lowest BCUT2D eigenvalue weighted by molar-refractivity contribution is 0.242. The molecule has 0 saturated heterocycles. The van der Waals surface area contributed by atoms with Crippen LogP contribution in [0.1, 0.15) is 13.8 Å². The molecule has 4 nitrogen and oxygen atoms in total. The van der Waals surface area contributed by atoms with E-state index in [1.54, 1.807) is 32.2 Å². The van der Waals surface area contributed by atoms with Crippen LogP contribution in [0.4, 0.5) is 0 Å². The molecule has 0 N–H and O–H groups in total. The topological polar surface area (TPSA) is 47.9 Å². The van der Waals surface area contributed by atoms with E-state index in [0.717, 1.165) is 0 Å². The van der Waals surface area contributed by atoms with E-state index in [1.807, 2.05) is 6.92 Å². The summed E-state index contributed by atoms with van der Waals surface area (Å²) in [5.74, 6) is 1.31. The predicted octanol–water partition coefficient (Wildman–Crippen LogP) is 3.52. The molecule has 0 bridgehead atoms. The van der Waals surface area contributed by atoms with Crippen LogP contribution in [0.2, 0.25) is 5.02 Å². The maximum Gasteiger partial charge on any atom is 0.138 e. The van der Waals surface area contributed by atoms with Gasteiger partial charge in [-0.05, 0) is 19.1 Å². The molecule has 94 valence electrons. The van der Waals surface area contributed by atoms with Gasteiger partial charge < -0.3 is 9.47 Å². The Kier molecular flexibility index (Phi) is 5.22. The zero-order valence-electron chi connectivity index (χ0n) is 10.1. The molecule has 0 aliphatic carbocycles. The average molecular weight is 258 g/mol. The number of halogens is 1. The summed E-state index contributed by atoms with van der Waals surface area (Å²) in [6.07, 6.45) is 0. The van der Waals surface area contributed by atoms with Gasteiger partial charge in [-0.3, -0.25) is 0 Å². The van der Waals surface area contributed by atoms with Crippen LogP contribution in [-0.4, -0.2) is 19.8 Å². The van der Waals surface area contributed by atoms with E-state index in [0.29, 0.717) is 23.1 Å². The fourth-order valence-corrected chi connectivity index (χ4v) is 1.42. The van der Waals surface area contributed by atoms with E-state index in [1.165, 1.54) is 0 Å². The van der Waals surface area contributed by atoms with Gasteiger partial charge in [0.25, 0.3) is 0 Å². The smallest absolute Gasteiger partial charge is 0.138 e. The van der Waals surface area contributed by atoms with Crippen molar-refractivity contribution in [2.75, 3.05) is 13.7 Å². The van der Waals surface area contributed by atoms with Crippen molar-refractivity contribution in [2.24, 2.45) is 11.1 Å². The first-order valence-corrected chi connectivity index (χ1v) is 5.75. The summed E-state index contributed by atoms with van der Waals surface area (Å²) in [6, 6.07) is 4.93. The fourth-order valence-electron chi connectivity index (χ4n) is 1.19. The molecule has 0 spiro atoms. The van der Waals surface area contributed by atoms with Crippen molar-refractivity contribution < 1.29 is 9.47 Å². The van der Waals surface area contributed by atoms with Crippen molar-refractivity contribution >= 4 is 11.6 Å². The lowest BCUT2D eigenvalue weighted by atomic mass is 10.1. The largest absolute Gasteiger partial charge is 0.497 e. The molecule has 1 aromatic carbocycles. The Labute approximate surface area is 106 Å². The van der Waals surface area contributed by atoms with E-state index in [-0.39, 0.29) is 12.0 Å². The van der Waals surface area contributed by atoms with Gasteiger partial charge in [-0.2, -0.15) is 4.91 Å². The molecule has 0 aliphatic rings. The van der Waals surface area contributed by atoms with Crippen LogP contribution in [-0.2, 0) is 0 Å². The number of ether oxygens (including phenoxy) is 2. The van der Waals surface area contributed by atoms with Crippen LogP contribution in [0.5, 0.6) is 11.5 Å². The third-order valence-electron chi connectivity index (χ3n) is 2.63. The molecule has 2 unspecified atom stereocenters. The predicted molar refractivity (Wildman–Crippen MR) is 67.9 cm³/mol. The molecule has 0 fully saturated rings. The highest BCUT2D eigenvalue weighted by molar-refractivity contribution is 6.32. The number of rotatable bonds is 6. The van der Waals surface area contributed by atoms with Crippen LogP contribution >= 0.6 is 11.6 Å². The molecule has 17 heavy (non-hydrogen) atoms. The van der Waals surface area contributed by atoms with Gasteiger partial charge in [0, 0.05) is 12.0 Å². The van der Waals surface area contributed by atoms with Crippen LogP contribution in [0.3, 0.4) is 0 Å². The SMILES string of the molecule is COc1ccc(OCC(C)C(C)N=O)c(Cl)c1. The zero-order valence-corrected chi connectivity index (χ0v) is 10.9. The van der Waals surface area contributed by atoms with Crippen molar-refractivity contribution in [1.82, 2.24) is 0 Å². The highest BCUT2D eigenvalue weighted by atomic mass is 35.5. The summed E-state index contributed by atoms with van der Waals surface area (Å²) < 4.78 is 10.6. The Balaban J connectivity index is 2.60. The molecule has 0 amide bonds. The first kappa shape index (κ1) is 13.8. The first-order chi connectivity index (χ1) is 8.08. The molecular weight excluding hydrogens is 242 g/mol. The van der Waals surface area contributed by atoms with E-state index in [4.69, 9.17) is 21.1 Å². The van der Waals surface area contributed by atoms with Crippen LogP contribution in [0.15, 0.2) is 23.4 Å². The highest BCUT2D eigenvalue weighted by Crippen LogP contribution is 2.29. The minimum absolute atomic E-state index is 0.0469. The second kappa shape index (κ2) is 6.45. The third-order valence-corrected chi connectivity index (χ3v) is 2.93. The molecule has 1 aromatic rings. The van der Waals surface area contributed by atoms with E-state index >= 15 is 0 Å². The number of benzene rings is 1. The van der Waals surface area contributed by atoms with Crippen molar-refractivity contribution in [3.05, 3.63) is 28.1 Å². The normalized spacial score (nSPS) is 13.9. The van der Waals surface area contributed by atoms with Crippen molar-refractivity contribution in [3.8, 4) is 11.5 Å². The first-order valence-electron chi connectivity index (χ1n) is 5.37. The van der Waals surface area contributed by atoms with Crippen LogP contribution in [0, 0.1) is 10.8 Å². The Bertz CT molecular complexity index is 384. The van der Waals surface area contributed by atoms with Crippen molar-refractivity contribution in [2.45, 2.75) is 19.9 Å². The Morgan fingerprint density at radius 3 is 2.65 bits per heavy atom. The molecule has 0 saturated carbocycles. The number of hydrogen-bond acceptors (Lipinski definition) is 4. The lowest BCUT2D eigenvalue weighted by Gasteiger charge is -2.15. The number of hydrogen-bond donors (Lipinski definition) is 0. The van der Waals surface area contributed by atoms with Gasteiger partial charge in [0.15, 0.2) is 0 Å². The average Bonchev–Trinajstić information content (AvgIpc) is 2.35. The number of nitroso groups, excluding NO2 is 1. The highest BCUT2D eigenvalue weighted by Gasteiger charge is 2.14. The molecular formula is C12H16ClNO3. The molecule has 0 aromatic heterocycles. The maximum absolute atomic E-state index is 10.4. The summed E-state index contributed by atoms with van der Waals surface area (Å²) in [7, 11) is 1.58. The second-order valence-corrected chi connectivity index (χ2v) is 4.34. The van der Waals surface area contributed by atoms with E-state index < -0.39 is 0 Å². The summed E-state index contributed by atoms with van der Waals surface area (Å²) in [5.41, 5.74) is 0. The maximum atomic E-state index is 10.4. The molecule has 0 aliphatic heterocycles. The van der Waals surface area contributed by atoms with Crippen LogP contribution in [0.25, 0.3) is 0 Å². The molecule has 5 heteroatoms. The lowest BCUT2D eigenvalue weighted by Crippen LogP contribution is -2.19. The Hall–Kier alpha value is -1.29. The van der Waals surface area contributed by atoms with Crippen LogP contribution < -0.4 is 9.47 Å². The molecule has 2 atom stereocenters. The molecule has 0 heterocycles. The minimum Gasteiger partial charge on any atom is -0.497 e. The van der Waals surface area contributed by atoms with Gasteiger partial charge in [-0.15, -0.1) is 0 Å². The fraction of sp³-hybridized carbons (Fsp3) is 0.500. The monoisotopic (exact) mass is 257 g/mol. The quantitative estimate of drug-likeness (QED) is 0.733. The molecule has 0 radical (unpaired) electrons. The van der Waals surface area contributed by atoms with Gasteiger partial charge in [-0.1, -0.05) is 23.7 Å². The summed E-state index contributed by atoms with van der Waals surface area (Å²) in [4.78, 5) is 10.4. The van der Waals surface area contributed by atoms with Crippen molar-refractivity contribution in [3.63, 3.8) is 0 Å². The summed E-state index contributed by atoms with van der Waals surface area (Å²) >= 11 is 6.01. The van der Waals surface area contributed by atoms with E-state index in [9.17, 15) is 4.91 Å². The third kappa shape index (κ3) is 3.89. The minimum atomic E-state index is -0.271. The summed E-state index contributed by atoms with van der Waals surface area (Å²) in [6.45, 7) is 4.07. The Morgan fingerprint density at radius 2 is 2.12 bits per heavy atom. The Morgan fingerprint density at radius 1 is 1.41 bits per heavy atom. The van der Waals surface area contributed by atoms with Gasteiger partial charge in [-0.25, -0.2) is 0 Å². The van der Waals surface area contributed by atoms with Gasteiger partial charge in [0.2, 0.25) is 0 Å². The second-order valence-electron chi connectivity index (χ2n) is 3.93. The number of methoxy groups -OCH3 is 1.